The minimum Gasteiger partial charge on any atom is -0.496 e. The summed E-state index contributed by atoms with van der Waals surface area (Å²) in [7, 11) is 1.64. The molecule has 5 heteroatoms. The van der Waals surface area contributed by atoms with E-state index in [2.05, 4.69) is 11.5 Å². The van der Waals surface area contributed by atoms with Crippen LogP contribution in [0.2, 0.25) is 0 Å². The Bertz CT molecular complexity index is 296. The zero-order chi connectivity index (χ0) is 11.1. The molecular weight excluding hydrogens is 210 g/mol. The minimum atomic E-state index is -0.299. The summed E-state index contributed by atoms with van der Waals surface area (Å²) in [6, 6.07) is 0.368. The lowest BCUT2D eigenvalue weighted by atomic mass is 10.0. The number of hydrogen-bond acceptors (Lipinski definition) is 5. The molecule has 0 N–H and O–H groups in total. The van der Waals surface area contributed by atoms with Crippen LogP contribution in [0.1, 0.15) is 6.42 Å². The first-order valence-corrected chi connectivity index (χ1v) is 5.68. The number of hydrogen-bond donors (Lipinski definition) is 0. The summed E-state index contributed by atoms with van der Waals surface area (Å²) in [6.45, 7) is 6.21. The van der Waals surface area contributed by atoms with E-state index in [1.807, 2.05) is 0 Å². The average Bonchev–Trinajstić information content (AvgIpc) is 2.69. The molecule has 0 aromatic rings. The van der Waals surface area contributed by atoms with Crippen LogP contribution in [0.3, 0.4) is 0 Å². The molecule has 3 rings (SSSR count). The fraction of sp³-hybridized carbons (Fsp3) is 0.818. The number of ether oxygens (including phenoxy) is 4. The molecule has 0 bridgehead atoms. The van der Waals surface area contributed by atoms with Crippen molar-refractivity contribution < 1.29 is 18.9 Å². The Balaban J connectivity index is 1.82. The Hall–Kier alpha value is -0.620. The van der Waals surface area contributed by atoms with Gasteiger partial charge in [-0.2, -0.15) is 0 Å². The van der Waals surface area contributed by atoms with Crippen LogP contribution in [0, 0.1) is 0 Å². The lowest BCUT2D eigenvalue weighted by Crippen LogP contribution is -2.52. The van der Waals surface area contributed by atoms with Gasteiger partial charge < -0.3 is 18.9 Å². The Morgan fingerprint density at radius 2 is 2.31 bits per heavy atom. The predicted molar refractivity (Wildman–Crippen MR) is 55.6 cm³/mol. The number of methoxy groups -OCH3 is 1. The monoisotopic (exact) mass is 227 g/mol. The second kappa shape index (κ2) is 4.00. The summed E-state index contributed by atoms with van der Waals surface area (Å²) < 4.78 is 22.2. The topological polar surface area (TPSA) is 40.2 Å². The third kappa shape index (κ3) is 1.47. The van der Waals surface area contributed by atoms with E-state index in [1.54, 1.807) is 7.11 Å². The van der Waals surface area contributed by atoms with E-state index in [0.29, 0.717) is 12.6 Å². The molecule has 3 aliphatic heterocycles. The molecule has 90 valence electrons. The largest absolute Gasteiger partial charge is 0.496 e. The SMILES string of the molecule is C=C1OCC[C@H]2[C@@H]1O[C@@H]1C(OC)OCCN12. The number of rotatable bonds is 1. The number of fused-ring (bicyclic) bond motifs is 3. The van der Waals surface area contributed by atoms with Gasteiger partial charge >= 0.3 is 0 Å². The van der Waals surface area contributed by atoms with E-state index in [4.69, 9.17) is 18.9 Å². The summed E-state index contributed by atoms with van der Waals surface area (Å²) in [5, 5.41) is 0. The summed E-state index contributed by atoms with van der Waals surface area (Å²) in [4.78, 5) is 2.32. The van der Waals surface area contributed by atoms with E-state index in [0.717, 1.165) is 25.3 Å². The van der Waals surface area contributed by atoms with Gasteiger partial charge in [-0.1, -0.05) is 6.58 Å². The molecule has 0 radical (unpaired) electrons. The van der Waals surface area contributed by atoms with E-state index in [1.165, 1.54) is 0 Å². The normalized spacial score (nSPS) is 43.7. The summed E-state index contributed by atoms with van der Waals surface area (Å²) in [5.74, 6) is 0.737. The van der Waals surface area contributed by atoms with Crippen LogP contribution in [-0.2, 0) is 18.9 Å². The highest BCUT2D eigenvalue weighted by Gasteiger charge is 2.50. The fourth-order valence-corrected chi connectivity index (χ4v) is 2.74. The first-order valence-electron chi connectivity index (χ1n) is 5.68. The van der Waals surface area contributed by atoms with Crippen molar-refractivity contribution in [2.45, 2.75) is 31.1 Å². The molecular formula is C11H17NO4. The third-order valence-electron chi connectivity index (χ3n) is 3.50. The standard InChI is InChI=1S/C11H17NO4/c1-7-9-8(3-5-14-7)12-4-6-15-11(13-2)10(12)16-9/h8-11H,1,3-6H2,2H3/t8-,9+,10+,11?/m0/s1. The van der Waals surface area contributed by atoms with Crippen molar-refractivity contribution in [2.24, 2.45) is 0 Å². The van der Waals surface area contributed by atoms with Gasteiger partial charge in [-0.3, -0.25) is 4.90 Å². The molecule has 0 aromatic carbocycles. The van der Waals surface area contributed by atoms with Crippen molar-refractivity contribution in [2.75, 3.05) is 26.9 Å². The highest BCUT2D eigenvalue weighted by Crippen LogP contribution is 2.36. The van der Waals surface area contributed by atoms with Crippen LogP contribution >= 0.6 is 0 Å². The molecule has 4 atom stereocenters. The van der Waals surface area contributed by atoms with Crippen molar-refractivity contribution in [1.82, 2.24) is 4.90 Å². The average molecular weight is 227 g/mol. The van der Waals surface area contributed by atoms with E-state index in [9.17, 15) is 0 Å². The van der Waals surface area contributed by atoms with Gasteiger partial charge in [-0.25, -0.2) is 0 Å². The summed E-state index contributed by atoms with van der Waals surface area (Å²) in [5.41, 5.74) is 0. The van der Waals surface area contributed by atoms with Crippen LogP contribution in [-0.4, -0.2) is 56.4 Å². The zero-order valence-electron chi connectivity index (χ0n) is 9.43. The highest BCUT2D eigenvalue weighted by atomic mass is 16.7. The molecule has 0 amide bonds. The van der Waals surface area contributed by atoms with E-state index >= 15 is 0 Å². The molecule has 3 heterocycles. The number of morpholine rings is 1. The van der Waals surface area contributed by atoms with Crippen molar-refractivity contribution in [1.29, 1.82) is 0 Å². The van der Waals surface area contributed by atoms with Crippen LogP contribution in [0.25, 0.3) is 0 Å². The third-order valence-corrected chi connectivity index (χ3v) is 3.50. The van der Waals surface area contributed by atoms with Gasteiger partial charge in [-0.05, 0) is 0 Å². The molecule has 3 saturated heterocycles. The van der Waals surface area contributed by atoms with Gasteiger partial charge in [0.05, 0.1) is 13.2 Å². The lowest BCUT2D eigenvalue weighted by Gasteiger charge is -2.37. The van der Waals surface area contributed by atoms with Crippen LogP contribution < -0.4 is 0 Å². The van der Waals surface area contributed by atoms with Gasteiger partial charge in [0.1, 0.15) is 11.9 Å². The first kappa shape index (κ1) is 10.5. The van der Waals surface area contributed by atoms with Crippen molar-refractivity contribution in [3.63, 3.8) is 0 Å². The van der Waals surface area contributed by atoms with E-state index < -0.39 is 0 Å². The Labute approximate surface area is 94.9 Å². The number of nitrogens with zero attached hydrogens (tertiary/aromatic N) is 1. The second-order valence-electron chi connectivity index (χ2n) is 4.33. The van der Waals surface area contributed by atoms with Gasteiger partial charge in [0, 0.05) is 26.1 Å². The maximum absolute atomic E-state index is 5.94. The highest BCUT2D eigenvalue weighted by molar-refractivity contribution is 5.08. The lowest BCUT2D eigenvalue weighted by molar-refractivity contribution is -0.243. The zero-order valence-corrected chi connectivity index (χ0v) is 9.43. The molecule has 0 spiro atoms. The van der Waals surface area contributed by atoms with Gasteiger partial charge in [0.2, 0.25) is 0 Å². The molecule has 5 nitrogen and oxygen atoms in total. The minimum absolute atomic E-state index is 0.0295. The van der Waals surface area contributed by atoms with Crippen molar-refractivity contribution in [3.8, 4) is 0 Å². The van der Waals surface area contributed by atoms with Crippen molar-refractivity contribution in [3.05, 3.63) is 12.3 Å². The maximum Gasteiger partial charge on any atom is 0.197 e. The molecule has 3 aliphatic rings. The molecule has 0 aliphatic carbocycles. The Kier molecular flexibility index (Phi) is 2.63. The Morgan fingerprint density at radius 1 is 1.44 bits per heavy atom. The van der Waals surface area contributed by atoms with Gasteiger partial charge in [-0.15, -0.1) is 0 Å². The van der Waals surface area contributed by atoms with Gasteiger partial charge in [0.25, 0.3) is 0 Å². The molecule has 1 unspecified atom stereocenters. The molecule has 0 saturated carbocycles. The van der Waals surface area contributed by atoms with Gasteiger partial charge in [0.15, 0.2) is 12.5 Å². The fourth-order valence-electron chi connectivity index (χ4n) is 2.74. The molecule has 16 heavy (non-hydrogen) atoms. The first-order chi connectivity index (χ1) is 7.81. The predicted octanol–water partition coefficient (Wildman–Crippen LogP) is 0.319. The van der Waals surface area contributed by atoms with E-state index in [-0.39, 0.29) is 18.6 Å². The molecule has 3 fully saturated rings. The molecule has 0 aromatic heterocycles. The Morgan fingerprint density at radius 3 is 3.12 bits per heavy atom. The maximum atomic E-state index is 5.94. The second-order valence-corrected chi connectivity index (χ2v) is 4.33. The summed E-state index contributed by atoms with van der Waals surface area (Å²) >= 11 is 0. The summed E-state index contributed by atoms with van der Waals surface area (Å²) in [6.07, 6.45) is 0.536. The van der Waals surface area contributed by atoms with Crippen LogP contribution in [0.4, 0.5) is 0 Å². The smallest absolute Gasteiger partial charge is 0.197 e. The van der Waals surface area contributed by atoms with Crippen molar-refractivity contribution >= 4 is 0 Å². The van der Waals surface area contributed by atoms with Crippen LogP contribution in [0.5, 0.6) is 0 Å². The quantitative estimate of drug-likeness (QED) is 0.645. The van der Waals surface area contributed by atoms with Crippen LogP contribution in [0.15, 0.2) is 12.3 Å².